The number of aliphatic hydroxyl groups is 1. The molecule has 1 fully saturated rings. The van der Waals surface area contributed by atoms with Gasteiger partial charge in [-0.2, -0.15) is 0 Å². The normalized spacial score (nSPS) is 26.3. The molecule has 0 aliphatic carbocycles. The number of carbonyl (C=O) groups is 1. The predicted molar refractivity (Wildman–Crippen MR) is 100 cm³/mol. The van der Waals surface area contributed by atoms with Gasteiger partial charge in [0.2, 0.25) is 0 Å². The SMILES string of the molecule is C=C[C@@H](C)[C@@H](O)CC[C@@](C)(C[C@H]1OC(=O)C[C@H]1C=C)O[Si](C)(C)C. The molecule has 0 radical (unpaired) electrons. The highest BCUT2D eigenvalue weighted by atomic mass is 28.4. The summed E-state index contributed by atoms with van der Waals surface area (Å²) in [5, 5.41) is 10.3. The summed E-state index contributed by atoms with van der Waals surface area (Å²) in [6.45, 7) is 18.1. The van der Waals surface area contributed by atoms with Gasteiger partial charge in [0.05, 0.1) is 18.1 Å². The maximum Gasteiger partial charge on any atom is 0.306 e. The molecule has 0 unspecified atom stereocenters. The van der Waals surface area contributed by atoms with Gasteiger partial charge in [-0.05, 0) is 45.3 Å². The summed E-state index contributed by atoms with van der Waals surface area (Å²) >= 11 is 0. The van der Waals surface area contributed by atoms with Crippen molar-refractivity contribution in [1.29, 1.82) is 0 Å². The largest absolute Gasteiger partial charge is 0.462 e. The smallest absolute Gasteiger partial charge is 0.306 e. The van der Waals surface area contributed by atoms with Crippen LogP contribution in [-0.2, 0) is 14.0 Å². The minimum absolute atomic E-state index is 0.0408. The van der Waals surface area contributed by atoms with Crippen LogP contribution in [0.15, 0.2) is 25.3 Å². The monoisotopic (exact) mass is 354 g/mol. The lowest BCUT2D eigenvalue weighted by atomic mass is 9.86. The van der Waals surface area contributed by atoms with Crippen LogP contribution < -0.4 is 0 Å². The Morgan fingerprint density at radius 2 is 2.08 bits per heavy atom. The van der Waals surface area contributed by atoms with E-state index in [2.05, 4.69) is 39.7 Å². The van der Waals surface area contributed by atoms with Crippen LogP contribution in [0.4, 0.5) is 0 Å². The first kappa shape index (κ1) is 21.1. The zero-order valence-corrected chi connectivity index (χ0v) is 16.9. The molecule has 0 amide bonds. The molecule has 0 bridgehead atoms. The van der Waals surface area contributed by atoms with Crippen molar-refractivity contribution >= 4 is 14.3 Å². The lowest BCUT2D eigenvalue weighted by Gasteiger charge is -2.39. The molecule has 4 nitrogen and oxygen atoms in total. The molecule has 5 atom stereocenters. The lowest BCUT2D eigenvalue weighted by Crippen LogP contribution is -2.44. The topological polar surface area (TPSA) is 55.8 Å². The van der Waals surface area contributed by atoms with Crippen molar-refractivity contribution in [3.63, 3.8) is 0 Å². The van der Waals surface area contributed by atoms with Crippen molar-refractivity contribution < 1.29 is 19.1 Å². The first-order chi connectivity index (χ1) is 11.0. The molecule has 0 aromatic heterocycles. The summed E-state index contributed by atoms with van der Waals surface area (Å²) < 4.78 is 12.0. The van der Waals surface area contributed by atoms with E-state index in [1.807, 2.05) is 6.92 Å². The number of hydrogen-bond acceptors (Lipinski definition) is 4. The Balaban J connectivity index is 2.83. The highest BCUT2D eigenvalue weighted by molar-refractivity contribution is 6.69. The van der Waals surface area contributed by atoms with Crippen LogP contribution in [-0.4, -0.2) is 37.2 Å². The van der Waals surface area contributed by atoms with Gasteiger partial charge in [0, 0.05) is 12.3 Å². The summed E-state index contributed by atoms with van der Waals surface area (Å²) in [6.07, 6.45) is 5.33. The second-order valence-corrected chi connectivity index (χ2v) is 12.6. The third-order valence-corrected chi connectivity index (χ3v) is 5.70. The van der Waals surface area contributed by atoms with Crippen molar-refractivity contribution in [2.75, 3.05) is 0 Å². The Morgan fingerprint density at radius 3 is 2.58 bits per heavy atom. The van der Waals surface area contributed by atoms with Crippen molar-refractivity contribution in [2.24, 2.45) is 11.8 Å². The van der Waals surface area contributed by atoms with E-state index < -0.39 is 20.0 Å². The van der Waals surface area contributed by atoms with Crippen LogP contribution in [0.5, 0.6) is 0 Å². The van der Waals surface area contributed by atoms with Gasteiger partial charge in [-0.1, -0.05) is 19.1 Å². The molecule has 138 valence electrons. The summed E-state index contributed by atoms with van der Waals surface area (Å²) in [6, 6.07) is 0. The third-order valence-electron chi connectivity index (χ3n) is 4.60. The fourth-order valence-corrected chi connectivity index (χ4v) is 4.95. The quantitative estimate of drug-likeness (QED) is 0.365. The van der Waals surface area contributed by atoms with Crippen LogP contribution in [0.2, 0.25) is 19.6 Å². The maximum atomic E-state index is 11.6. The van der Waals surface area contributed by atoms with Crippen molar-refractivity contribution in [1.82, 2.24) is 0 Å². The molecule has 1 saturated heterocycles. The van der Waals surface area contributed by atoms with Crippen molar-refractivity contribution in [3.05, 3.63) is 25.3 Å². The Bertz CT molecular complexity index is 457. The Morgan fingerprint density at radius 1 is 1.46 bits per heavy atom. The number of carbonyl (C=O) groups excluding carboxylic acids is 1. The van der Waals surface area contributed by atoms with Crippen LogP contribution in [0.25, 0.3) is 0 Å². The lowest BCUT2D eigenvalue weighted by molar-refractivity contribution is -0.143. The summed E-state index contributed by atoms with van der Waals surface area (Å²) in [7, 11) is -1.79. The fraction of sp³-hybridized carbons (Fsp3) is 0.737. The third kappa shape index (κ3) is 6.53. The number of esters is 1. The van der Waals surface area contributed by atoms with E-state index in [1.165, 1.54) is 0 Å². The molecule has 5 heteroatoms. The van der Waals surface area contributed by atoms with Crippen molar-refractivity contribution in [2.45, 2.75) is 77.0 Å². The van der Waals surface area contributed by atoms with Crippen LogP contribution in [0, 0.1) is 11.8 Å². The molecule has 0 aromatic rings. The molecule has 1 aliphatic heterocycles. The van der Waals surface area contributed by atoms with E-state index in [1.54, 1.807) is 12.2 Å². The molecule has 1 N–H and O–H groups in total. The van der Waals surface area contributed by atoms with Gasteiger partial charge < -0.3 is 14.3 Å². The second kappa shape index (κ2) is 8.45. The van der Waals surface area contributed by atoms with Gasteiger partial charge in [-0.25, -0.2) is 0 Å². The molecular weight excluding hydrogens is 320 g/mol. The Labute approximate surface area is 148 Å². The highest BCUT2D eigenvalue weighted by Gasteiger charge is 2.41. The minimum Gasteiger partial charge on any atom is -0.462 e. The first-order valence-corrected chi connectivity index (χ1v) is 12.2. The van der Waals surface area contributed by atoms with Crippen molar-refractivity contribution in [3.8, 4) is 0 Å². The average Bonchev–Trinajstić information content (AvgIpc) is 2.81. The first-order valence-electron chi connectivity index (χ1n) is 8.82. The zero-order valence-electron chi connectivity index (χ0n) is 15.9. The molecule has 1 heterocycles. The minimum atomic E-state index is -1.79. The van der Waals surface area contributed by atoms with Crippen LogP contribution in [0.1, 0.15) is 39.5 Å². The van der Waals surface area contributed by atoms with E-state index in [9.17, 15) is 9.90 Å². The number of rotatable bonds is 10. The van der Waals surface area contributed by atoms with Gasteiger partial charge in [-0.15, -0.1) is 13.2 Å². The molecular formula is C19H34O4Si. The molecule has 0 aromatic carbocycles. The van der Waals surface area contributed by atoms with Crippen LogP contribution in [0.3, 0.4) is 0 Å². The number of ether oxygens (including phenoxy) is 1. The molecule has 24 heavy (non-hydrogen) atoms. The van der Waals surface area contributed by atoms with E-state index in [-0.39, 0.29) is 23.9 Å². The summed E-state index contributed by atoms with van der Waals surface area (Å²) in [5.41, 5.74) is -0.428. The number of hydrogen-bond donors (Lipinski definition) is 1. The van der Waals surface area contributed by atoms with E-state index in [4.69, 9.17) is 9.16 Å². The van der Waals surface area contributed by atoms with Gasteiger partial charge in [0.15, 0.2) is 8.32 Å². The fourth-order valence-electron chi connectivity index (χ4n) is 3.29. The summed E-state index contributed by atoms with van der Waals surface area (Å²) in [4.78, 5) is 11.6. The van der Waals surface area contributed by atoms with Gasteiger partial charge in [-0.3, -0.25) is 4.79 Å². The van der Waals surface area contributed by atoms with E-state index in [0.29, 0.717) is 25.7 Å². The number of cyclic esters (lactones) is 1. The highest BCUT2D eigenvalue weighted by Crippen LogP contribution is 2.35. The van der Waals surface area contributed by atoms with E-state index in [0.717, 1.165) is 0 Å². The van der Waals surface area contributed by atoms with Crippen LogP contribution >= 0.6 is 0 Å². The zero-order chi connectivity index (χ0) is 18.5. The van der Waals surface area contributed by atoms with Gasteiger partial charge in [0.1, 0.15) is 6.10 Å². The second-order valence-electron chi connectivity index (χ2n) is 8.20. The van der Waals surface area contributed by atoms with Gasteiger partial charge in [0.25, 0.3) is 0 Å². The molecule has 1 aliphatic rings. The molecule has 1 rings (SSSR count). The Kier molecular flexibility index (Phi) is 7.44. The number of aliphatic hydroxyl groups excluding tert-OH is 1. The molecule has 0 saturated carbocycles. The van der Waals surface area contributed by atoms with Gasteiger partial charge >= 0.3 is 5.97 Å². The molecule has 0 spiro atoms. The maximum absolute atomic E-state index is 11.6. The standard InChI is InChI=1S/C19H34O4Si/c1-8-14(3)16(20)10-11-19(4,23-24(5,6)7)13-17-15(9-2)12-18(21)22-17/h8-9,14-17,20H,1-2,10-13H2,3-7H3/t14-,15-,16+,17-,19+/m1/s1. The Hall–Kier alpha value is -0.913. The summed E-state index contributed by atoms with van der Waals surface area (Å²) in [5.74, 6) is -0.0778. The average molecular weight is 355 g/mol. The predicted octanol–water partition coefficient (Wildman–Crippen LogP) is 4.07. The van der Waals surface area contributed by atoms with E-state index >= 15 is 0 Å².